The Morgan fingerprint density at radius 1 is 1.32 bits per heavy atom. The number of hydrogen-bond donors (Lipinski definition) is 1. The fourth-order valence-corrected chi connectivity index (χ4v) is 4.14. The first-order valence-corrected chi connectivity index (χ1v) is 9.61. The third-order valence-electron chi connectivity index (χ3n) is 5.83. The lowest BCUT2D eigenvalue weighted by molar-refractivity contribution is -0.151. The van der Waals surface area contributed by atoms with Crippen molar-refractivity contribution in [3.8, 4) is 0 Å². The minimum absolute atomic E-state index is 0.0386. The van der Waals surface area contributed by atoms with Crippen molar-refractivity contribution >= 4 is 5.91 Å². The molecule has 0 atom stereocenters. The van der Waals surface area contributed by atoms with Gasteiger partial charge in [0.15, 0.2) is 0 Å². The molecule has 1 saturated carbocycles. The summed E-state index contributed by atoms with van der Waals surface area (Å²) >= 11 is 0. The van der Waals surface area contributed by atoms with E-state index in [0.717, 1.165) is 32.4 Å². The van der Waals surface area contributed by atoms with Crippen LogP contribution in [0.5, 0.6) is 0 Å². The number of carbonyl (C=O) groups excluding carboxylic acids is 1. The van der Waals surface area contributed by atoms with E-state index in [1.54, 1.807) is 0 Å². The van der Waals surface area contributed by atoms with Gasteiger partial charge in [0.25, 0.3) is 0 Å². The van der Waals surface area contributed by atoms with Crippen molar-refractivity contribution in [3.05, 3.63) is 29.6 Å². The van der Waals surface area contributed by atoms with Gasteiger partial charge in [0.05, 0.1) is 5.60 Å². The van der Waals surface area contributed by atoms with E-state index in [4.69, 9.17) is 0 Å². The Balaban J connectivity index is 1.51. The molecular formula is C21H32N2O2. The van der Waals surface area contributed by atoms with Crippen LogP contribution < -0.4 is 0 Å². The number of carbonyl (C=O) groups is 1. The van der Waals surface area contributed by atoms with Crippen molar-refractivity contribution in [3.63, 3.8) is 0 Å². The Morgan fingerprint density at radius 2 is 1.96 bits per heavy atom. The van der Waals surface area contributed by atoms with Crippen LogP contribution in [-0.2, 0) is 16.6 Å². The zero-order valence-electron chi connectivity index (χ0n) is 16.1. The van der Waals surface area contributed by atoms with E-state index in [1.807, 2.05) is 18.0 Å². The van der Waals surface area contributed by atoms with Gasteiger partial charge in [-0.2, -0.15) is 0 Å². The lowest BCUT2D eigenvalue weighted by atomic mass is 9.71. The lowest BCUT2D eigenvalue weighted by Gasteiger charge is -2.43. The molecule has 25 heavy (non-hydrogen) atoms. The molecule has 1 saturated heterocycles. The highest BCUT2D eigenvalue weighted by Gasteiger charge is 2.44. The monoisotopic (exact) mass is 344 g/mol. The zero-order valence-corrected chi connectivity index (χ0v) is 16.1. The molecule has 4 nitrogen and oxygen atoms in total. The van der Waals surface area contributed by atoms with Gasteiger partial charge in [-0.1, -0.05) is 20.8 Å². The molecule has 1 aromatic rings. The van der Waals surface area contributed by atoms with Crippen molar-refractivity contribution < 1.29 is 9.90 Å². The van der Waals surface area contributed by atoms with Gasteiger partial charge in [-0.25, -0.2) is 0 Å². The molecule has 0 spiro atoms. The highest BCUT2D eigenvalue weighted by Crippen LogP contribution is 2.39. The zero-order chi connectivity index (χ0) is 18.2. The summed E-state index contributed by atoms with van der Waals surface area (Å²) in [5.41, 5.74) is 2.04. The van der Waals surface area contributed by atoms with Gasteiger partial charge >= 0.3 is 0 Å². The first kappa shape index (κ1) is 18.4. The molecule has 1 N–H and O–H groups in total. The molecular weight excluding hydrogens is 312 g/mol. The van der Waals surface area contributed by atoms with Crippen LogP contribution in [0.2, 0.25) is 0 Å². The number of pyridine rings is 1. The Morgan fingerprint density at radius 3 is 2.52 bits per heavy atom. The lowest BCUT2D eigenvalue weighted by Crippen LogP contribution is -2.51. The van der Waals surface area contributed by atoms with Gasteiger partial charge in [-0.05, 0) is 68.1 Å². The number of aliphatic hydroxyl groups is 1. The molecule has 0 radical (unpaired) electrons. The molecule has 2 aliphatic rings. The average Bonchev–Trinajstić information content (AvgIpc) is 2.52. The second-order valence-corrected chi connectivity index (χ2v) is 9.36. The van der Waals surface area contributed by atoms with Crippen molar-refractivity contribution in [2.45, 2.75) is 70.8 Å². The second kappa shape index (κ2) is 6.71. The Hall–Kier alpha value is -1.42. The van der Waals surface area contributed by atoms with E-state index in [-0.39, 0.29) is 17.2 Å². The van der Waals surface area contributed by atoms with E-state index in [9.17, 15) is 9.90 Å². The molecule has 1 aliphatic heterocycles. The van der Waals surface area contributed by atoms with E-state index >= 15 is 0 Å². The fourth-order valence-electron chi connectivity index (χ4n) is 4.14. The first-order chi connectivity index (χ1) is 11.6. The Labute approximate surface area is 151 Å². The molecule has 0 bridgehead atoms. The van der Waals surface area contributed by atoms with E-state index in [2.05, 4.69) is 37.9 Å². The number of aromatic nitrogens is 1. The minimum atomic E-state index is -0.623. The molecule has 0 aromatic carbocycles. The topological polar surface area (TPSA) is 53.4 Å². The smallest absolute Gasteiger partial charge is 0.225 e. The predicted molar refractivity (Wildman–Crippen MR) is 99.3 cm³/mol. The molecule has 1 amide bonds. The Kier molecular flexibility index (Phi) is 4.93. The highest BCUT2D eigenvalue weighted by atomic mass is 16.3. The maximum atomic E-state index is 12.5. The molecule has 2 fully saturated rings. The van der Waals surface area contributed by atoms with E-state index < -0.39 is 5.60 Å². The van der Waals surface area contributed by atoms with Crippen LogP contribution in [0.3, 0.4) is 0 Å². The molecule has 4 heteroatoms. The van der Waals surface area contributed by atoms with Crippen LogP contribution in [0.4, 0.5) is 0 Å². The predicted octanol–water partition coefficient (Wildman–Crippen LogP) is 3.32. The van der Waals surface area contributed by atoms with Crippen LogP contribution in [0.25, 0.3) is 0 Å². The molecule has 2 heterocycles. The second-order valence-electron chi connectivity index (χ2n) is 9.36. The summed E-state index contributed by atoms with van der Waals surface area (Å²) in [6.07, 6.45) is 6.28. The van der Waals surface area contributed by atoms with Crippen molar-refractivity contribution in [2.75, 3.05) is 13.1 Å². The van der Waals surface area contributed by atoms with Gasteiger partial charge in [0, 0.05) is 30.9 Å². The van der Waals surface area contributed by atoms with Crippen LogP contribution in [0.1, 0.15) is 64.6 Å². The van der Waals surface area contributed by atoms with E-state index in [0.29, 0.717) is 18.8 Å². The third-order valence-corrected chi connectivity index (χ3v) is 5.83. The maximum absolute atomic E-state index is 12.5. The average molecular weight is 344 g/mol. The normalized spacial score (nSPS) is 27.9. The molecule has 138 valence electrons. The Bertz CT molecular complexity index is 617. The number of likely N-dealkylation sites (tertiary alicyclic amines) is 1. The number of nitrogens with zero attached hydrogens (tertiary/aromatic N) is 2. The number of rotatable bonds is 3. The van der Waals surface area contributed by atoms with Crippen molar-refractivity contribution in [1.82, 2.24) is 9.88 Å². The van der Waals surface area contributed by atoms with Crippen molar-refractivity contribution in [1.29, 1.82) is 0 Å². The van der Waals surface area contributed by atoms with E-state index in [1.165, 1.54) is 11.3 Å². The van der Waals surface area contributed by atoms with Crippen LogP contribution in [-0.4, -0.2) is 39.6 Å². The van der Waals surface area contributed by atoms with Crippen LogP contribution >= 0.6 is 0 Å². The first-order valence-electron chi connectivity index (χ1n) is 9.61. The molecule has 3 rings (SSSR count). The number of amides is 1. The largest absolute Gasteiger partial charge is 0.390 e. The van der Waals surface area contributed by atoms with Crippen molar-refractivity contribution in [2.24, 2.45) is 11.8 Å². The SMILES string of the molecule is CC(C)(C)c1ccnc(CC2CCN(C(=O)[C@H]3C[C@@](C)(O)C3)CC2)c1. The van der Waals surface area contributed by atoms with Gasteiger partial charge in [-0.3, -0.25) is 9.78 Å². The van der Waals surface area contributed by atoms with Crippen LogP contribution in [0.15, 0.2) is 18.3 Å². The van der Waals surface area contributed by atoms with Gasteiger partial charge in [0.1, 0.15) is 0 Å². The van der Waals surface area contributed by atoms with Gasteiger partial charge < -0.3 is 10.0 Å². The fraction of sp³-hybridized carbons (Fsp3) is 0.714. The quantitative estimate of drug-likeness (QED) is 0.915. The summed E-state index contributed by atoms with van der Waals surface area (Å²) in [4.78, 5) is 19.1. The van der Waals surface area contributed by atoms with Gasteiger partial charge in [-0.15, -0.1) is 0 Å². The summed E-state index contributed by atoms with van der Waals surface area (Å²) in [6.45, 7) is 10.2. The summed E-state index contributed by atoms with van der Waals surface area (Å²) < 4.78 is 0. The van der Waals surface area contributed by atoms with Crippen LogP contribution in [0, 0.1) is 11.8 Å². The standard InChI is InChI=1S/C21H32N2O2/c1-20(2,3)17-5-8-22-18(12-17)11-15-6-9-23(10-7-15)19(24)16-13-21(4,25)14-16/h5,8,12,15-16,25H,6-7,9-11,13-14H2,1-4H3/t16-,21+. The summed E-state index contributed by atoms with van der Waals surface area (Å²) in [6, 6.07) is 4.35. The summed E-state index contributed by atoms with van der Waals surface area (Å²) in [5, 5.41) is 9.84. The molecule has 0 unspecified atom stereocenters. The summed E-state index contributed by atoms with van der Waals surface area (Å²) in [7, 11) is 0. The third kappa shape index (κ3) is 4.41. The minimum Gasteiger partial charge on any atom is -0.390 e. The highest BCUT2D eigenvalue weighted by molar-refractivity contribution is 5.80. The maximum Gasteiger partial charge on any atom is 0.225 e. The number of piperidine rings is 1. The molecule has 1 aliphatic carbocycles. The molecule has 1 aromatic heterocycles. The number of hydrogen-bond acceptors (Lipinski definition) is 3. The van der Waals surface area contributed by atoms with Gasteiger partial charge in [0.2, 0.25) is 5.91 Å². The summed E-state index contributed by atoms with van der Waals surface area (Å²) in [5.74, 6) is 0.894.